The fourth-order valence-electron chi connectivity index (χ4n) is 2.66. The zero-order valence-electron chi connectivity index (χ0n) is 11.5. The summed E-state index contributed by atoms with van der Waals surface area (Å²) in [6, 6.07) is 17.2. The summed E-state index contributed by atoms with van der Waals surface area (Å²) in [5, 5.41) is 3.47. The van der Waals surface area contributed by atoms with Gasteiger partial charge in [-0.3, -0.25) is 0 Å². The van der Waals surface area contributed by atoms with Gasteiger partial charge >= 0.3 is 0 Å². The first-order valence-electron chi connectivity index (χ1n) is 6.98. The fourth-order valence-corrected chi connectivity index (χ4v) is 2.66. The second kappa shape index (κ2) is 7.28. The average molecular weight is 286 g/mol. The topological polar surface area (TPSA) is 12.0 Å². The molecule has 1 aliphatic heterocycles. The number of benzene rings is 2. The first-order valence-corrected chi connectivity index (χ1v) is 6.98. The van der Waals surface area contributed by atoms with Crippen LogP contribution >= 0.6 is 12.4 Å². The maximum absolute atomic E-state index is 3.47. The molecule has 0 bridgehead atoms. The molecule has 1 nitrogen and oxygen atoms in total. The lowest BCUT2D eigenvalue weighted by Gasteiger charge is -2.08. The SMILES string of the molecule is C(=C/c1cccc2c1CCNCC2)/c1ccccc1.Cl. The Kier molecular flexibility index (Phi) is 5.40. The predicted molar refractivity (Wildman–Crippen MR) is 89.3 cm³/mol. The van der Waals surface area contributed by atoms with Gasteiger partial charge in [0.05, 0.1) is 0 Å². The molecular weight excluding hydrogens is 266 g/mol. The zero-order valence-corrected chi connectivity index (χ0v) is 12.3. The van der Waals surface area contributed by atoms with Crippen LogP contribution in [0, 0.1) is 0 Å². The van der Waals surface area contributed by atoms with E-state index < -0.39 is 0 Å². The summed E-state index contributed by atoms with van der Waals surface area (Å²) in [5.74, 6) is 0. The van der Waals surface area contributed by atoms with Gasteiger partial charge in [-0.25, -0.2) is 0 Å². The van der Waals surface area contributed by atoms with Crippen LogP contribution in [-0.2, 0) is 12.8 Å². The Balaban J connectivity index is 0.00000147. The Morgan fingerprint density at radius 1 is 0.800 bits per heavy atom. The molecule has 0 saturated heterocycles. The van der Waals surface area contributed by atoms with Crippen LogP contribution in [0.25, 0.3) is 12.2 Å². The van der Waals surface area contributed by atoms with Crippen LogP contribution < -0.4 is 5.32 Å². The van der Waals surface area contributed by atoms with Gasteiger partial charge in [0.2, 0.25) is 0 Å². The van der Waals surface area contributed by atoms with Crippen LogP contribution in [0.3, 0.4) is 0 Å². The maximum atomic E-state index is 3.47. The largest absolute Gasteiger partial charge is 0.316 e. The molecule has 0 saturated carbocycles. The average Bonchev–Trinajstić information content (AvgIpc) is 2.72. The van der Waals surface area contributed by atoms with Crippen molar-refractivity contribution in [3.05, 3.63) is 70.8 Å². The smallest absolute Gasteiger partial charge is 0.000790 e. The number of rotatable bonds is 2. The Labute approximate surface area is 127 Å². The minimum Gasteiger partial charge on any atom is -0.316 e. The number of fused-ring (bicyclic) bond motifs is 1. The van der Waals surface area contributed by atoms with E-state index in [1.54, 1.807) is 0 Å². The molecule has 1 heterocycles. The minimum absolute atomic E-state index is 0. The Bertz CT molecular complexity index is 575. The molecule has 1 aliphatic rings. The molecule has 104 valence electrons. The third-order valence-electron chi connectivity index (χ3n) is 3.69. The van der Waals surface area contributed by atoms with E-state index in [0.717, 1.165) is 25.9 Å². The fraction of sp³-hybridized carbons (Fsp3) is 0.222. The highest BCUT2D eigenvalue weighted by atomic mass is 35.5. The van der Waals surface area contributed by atoms with Crippen molar-refractivity contribution in [2.24, 2.45) is 0 Å². The van der Waals surface area contributed by atoms with Crippen molar-refractivity contribution < 1.29 is 0 Å². The molecule has 0 spiro atoms. The van der Waals surface area contributed by atoms with Gasteiger partial charge < -0.3 is 5.32 Å². The standard InChI is InChI=1S/C18H19N.ClH/c1-2-5-15(6-3-1)9-10-16-7-4-8-17-11-13-19-14-12-18(16)17;/h1-10,19H,11-14H2;1H/b10-9-;. The predicted octanol–water partition coefficient (Wildman–Crippen LogP) is 3.97. The summed E-state index contributed by atoms with van der Waals surface area (Å²) in [4.78, 5) is 0. The van der Waals surface area contributed by atoms with Crippen LogP contribution in [0.4, 0.5) is 0 Å². The number of halogens is 1. The molecule has 0 amide bonds. The molecule has 0 aliphatic carbocycles. The van der Waals surface area contributed by atoms with E-state index in [2.05, 4.69) is 66.0 Å². The summed E-state index contributed by atoms with van der Waals surface area (Å²) >= 11 is 0. The van der Waals surface area contributed by atoms with Gasteiger partial charge in [0.25, 0.3) is 0 Å². The monoisotopic (exact) mass is 285 g/mol. The lowest BCUT2D eigenvalue weighted by atomic mass is 9.96. The van der Waals surface area contributed by atoms with Gasteiger partial charge in [0, 0.05) is 0 Å². The molecule has 0 radical (unpaired) electrons. The van der Waals surface area contributed by atoms with Gasteiger partial charge in [-0.05, 0) is 48.2 Å². The van der Waals surface area contributed by atoms with E-state index in [-0.39, 0.29) is 12.4 Å². The van der Waals surface area contributed by atoms with E-state index in [0.29, 0.717) is 0 Å². The van der Waals surface area contributed by atoms with Gasteiger partial charge in [-0.2, -0.15) is 0 Å². The molecular formula is C18H20ClN. The highest BCUT2D eigenvalue weighted by molar-refractivity contribution is 5.85. The van der Waals surface area contributed by atoms with E-state index in [9.17, 15) is 0 Å². The number of hydrogen-bond donors (Lipinski definition) is 1. The number of nitrogens with one attached hydrogen (secondary N) is 1. The minimum atomic E-state index is 0. The first kappa shape index (κ1) is 14.8. The lowest BCUT2D eigenvalue weighted by Crippen LogP contribution is -2.16. The second-order valence-corrected chi connectivity index (χ2v) is 4.98. The normalized spacial score (nSPS) is 14.4. The molecule has 2 aromatic carbocycles. The Morgan fingerprint density at radius 3 is 2.45 bits per heavy atom. The van der Waals surface area contributed by atoms with Gasteiger partial charge in [-0.15, -0.1) is 12.4 Å². The van der Waals surface area contributed by atoms with Crippen molar-refractivity contribution in [1.29, 1.82) is 0 Å². The molecule has 1 N–H and O–H groups in total. The van der Waals surface area contributed by atoms with E-state index in [4.69, 9.17) is 0 Å². The van der Waals surface area contributed by atoms with Gasteiger partial charge in [-0.1, -0.05) is 60.7 Å². The van der Waals surface area contributed by atoms with E-state index in [1.807, 2.05) is 0 Å². The summed E-state index contributed by atoms with van der Waals surface area (Å²) < 4.78 is 0. The van der Waals surface area contributed by atoms with Crippen molar-refractivity contribution >= 4 is 24.6 Å². The van der Waals surface area contributed by atoms with Crippen LogP contribution in [0.5, 0.6) is 0 Å². The Hall–Kier alpha value is -1.57. The molecule has 3 rings (SSSR count). The molecule has 0 aromatic heterocycles. The van der Waals surface area contributed by atoms with Crippen LogP contribution in [-0.4, -0.2) is 13.1 Å². The summed E-state index contributed by atoms with van der Waals surface area (Å²) in [6.45, 7) is 2.18. The third kappa shape index (κ3) is 3.50. The molecule has 2 aromatic rings. The highest BCUT2D eigenvalue weighted by Gasteiger charge is 2.09. The third-order valence-corrected chi connectivity index (χ3v) is 3.69. The Morgan fingerprint density at radius 2 is 1.60 bits per heavy atom. The van der Waals surface area contributed by atoms with Crippen molar-refractivity contribution in [2.45, 2.75) is 12.8 Å². The van der Waals surface area contributed by atoms with Crippen molar-refractivity contribution in [3.63, 3.8) is 0 Å². The molecule has 20 heavy (non-hydrogen) atoms. The molecule has 0 fully saturated rings. The van der Waals surface area contributed by atoms with Crippen LogP contribution in [0.2, 0.25) is 0 Å². The summed E-state index contributed by atoms with van der Waals surface area (Å²) in [6.07, 6.45) is 6.72. The molecule has 0 atom stereocenters. The van der Waals surface area contributed by atoms with Gasteiger partial charge in [0.15, 0.2) is 0 Å². The van der Waals surface area contributed by atoms with Crippen molar-refractivity contribution in [2.75, 3.05) is 13.1 Å². The van der Waals surface area contributed by atoms with Crippen molar-refractivity contribution in [3.8, 4) is 0 Å². The first-order chi connectivity index (χ1) is 9.43. The van der Waals surface area contributed by atoms with E-state index in [1.165, 1.54) is 22.3 Å². The quantitative estimate of drug-likeness (QED) is 0.824. The summed E-state index contributed by atoms with van der Waals surface area (Å²) in [5.41, 5.74) is 5.64. The van der Waals surface area contributed by atoms with Gasteiger partial charge in [0.1, 0.15) is 0 Å². The highest BCUT2D eigenvalue weighted by Crippen LogP contribution is 2.20. The zero-order chi connectivity index (χ0) is 12.9. The van der Waals surface area contributed by atoms with E-state index >= 15 is 0 Å². The lowest BCUT2D eigenvalue weighted by molar-refractivity contribution is 0.711. The van der Waals surface area contributed by atoms with Crippen LogP contribution in [0.1, 0.15) is 22.3 Å². The molecule has 2 heteroatoms. The van der Waals surface area contributed by atoms with Crippen LogP contribution in [0.15, 0.2) is 48.5 Å². The molecule has 0 unspecified atom stereocenters. The maximum Gasteiger partial charge on any atom is -0.000790 e. The van der Waals surface area contributed by atoms with Crippen molar-refractivity contribution in [1.82, 2.24) is 5.32 Å². The number of hydrogen-bond acceptors (Lipinski definition) is 1. The summed E-state index contributed by atoms with van der Waals surface area (Å²) in [7, 11) is 0. The second-order valence-electron chi connectivity index (χ2n) is 4.98.